The van der Waals surface area contributed by atoms with Crippen molar-refractivity contribution in [2.45, 2.75) is 39.0 Å². The minimum atomic E-state index is -0.967. The lowest BCUT2D eigenvalue weighted by atomic mass is 9.76. The summed E-state index contributed by atoms with van der Waals surface area (Å²) in [5.41, 5.74) is 7.53. The summed E-state index contributed by atoms with van der Waals surface area (Å²) in [5.74, 6) is -2.04. The summed E-state index contributed by atoms with van der Waals surface area (Å²) in [6, 6.07) is 29.5. The van der Waals surface area contributed by atoms with Gasteiger partial charge in [0.2, 0.25) is 11.8 Å². The molecule has 3 N–H and O–H groups in total. The maximum atomic E-state index is 13.7. The molecule has 6 nitrogen and oxygen atoms in total. The average molecular weight is 489 g/mol. The van der Waals surface area contributed by atoms with Crippen LogP contribution in [0.5, 0.6) is 0 Å². The fourth-order valence-electron chi connectivity index (χ4n) is 4.66. The molecule has 6 heteroatoms. The van der Waals surface area contributed by atoms with Gasteiger partial charge in [0.1, 0.15) is 5.54 Å². The van der Waals surface area contributed by atoms with E-state index in [0.717, 1.165) is 16.7 Å². The van der Waals surface area contributed by atoms with E-state index < -0.39 is 29.6 Å². The summed E-state index contributed by atoms with van der Waals surface area (Å²) in [6.07, 6.45) is -0.728. The molecule has 0 aliphatic heterocycles. The maximum absolute atomic E-state index is 13.7. The number of rotatable bonds is 13. The zero-order chi connectivity index (χ0) is 26.0. The van der Waals surface area contributed by atoms with Crippen molar-refractivity contribution in [1.29, 1.82) is 0 Å². The van der Waals surface area contributed by atoms with Gasteiger partial charge in [-0.05, 0) is 30.5 Å². The summed E-state index contributed by atoms with van der Waals surface area (Å²) in [4.78, 5) is 26.2. The molecule has 3 rings (SSSR count). The number of hydrogen-bond acceptors (Lipinski definition) is 4. The highest BCUT2D eigenvalue weighted by Crippen LogP contribution is 2.37. The van der Waals surface area contributed by atoms with E-state index in [4.69, 9.17) is 15.2 Å². The van der Waals surface area contributed by atoms with Gasteiger partial charge >= 0.3 is 0 Å². The number of benzene rings is 3. The highest BCUT2D eigenvalue weighted by Gasteiger charge is 2.40. The Morgan fingerprint density at radius 3 is 1.50 bits per heavy atom. The molecular weight excluding hydrogens is 452 g/mol. The number of amides is 2. The molecule has 0 spiro atoms. The SMILES string of the molecule is CCOC(OCC)[C@@H](C)C(CC(=O)NC(c1ccccc1)(c1ccccc1)c1ccccc1)C(N)=O. The number of nitrogens with one attached hydrogen (secondary N) is 1. The molecule has 0 saturated carbocycles. The Kier molecular flexibility index (Phi) is 9.79. The van der Waals surface area contributed by atoms with E-state index in [1.54, 1.807) is 0 Å². The molecule has 0 saturated heterocycles. The number of primary amides is 1. The number of carbonyl (C=O) groups excluding carboxylic acids is 2. The molecular formula is C30H36N2O4. The van der Waals surface area contributed by atoms with Crippen LogP contribution in [-0.2, 0) is 24.6 Å². The van der Waals surface area contributed by atoms with Crippen LogP contribution in [0.2, 0.25) is 0 Å². The summed E-state index contributed by atoms with van der Waals surface area (Å²) >= 11 is 0. The molecule has 3 aromatic rings. The second kappa shape index (κ2) is 13.0. The third-order valence-corrected chi connectivity index (χ3v) is 6.44. The molecule has 0 aliphatic carbocycles. The molecule has 0 radical (unpaired) electrons. The molecule has 1 unspecified atom stereocenters. The van der Waals surface area contributed by atoms with Crippen molar-refractivity contribution in [2.75, 3.05) is 13.2 Å². The molecule has 0 heterocycles. The summed E-state index contributed by atoms with van der Waals surface area (Å²) in [6.45, 7) is 6.40. The Balaban J connectivity index is 2.03. The lowest BCUT2D eigenvalue weighted by molar-refractivity contribution is -0.177. The van der Waals surface area contributed by atoms with Crippen molar-refractivity contribution in [2.24, 2.45) is 17.6 Å². The Labute approximate surface area is 213 Å². The first-order valence-corrected chi connectivity index (χ1v) is 12.4. The van der Waals surface area contributed by atoms with E-state index in [1.165, 1.54) is 0 Å². The molecule has 3 aromatic carbocycles. The summed E-state index contributed by atoms with van der Waals surface area (Å²) in [5, 5.41) is 3.29. The monoisotopic (exact) mass is 488 g/mol. The van der Waals surface area contributed by atoms with Gasteiger partial charge in [0.05, 0.1) is 5.92 Å². The van der Waals surface area contributed by atoms with Gasteiger partial charge in [-0.1, -0.05) is 97.9 Å². The normalized spacial score (nSPS) is 13.2. The van der Waals surface area contributed by atoms with Crippen molar-refractivity contribution < 1.29 is 19.1 Å². The number of ether oxygens (including phenoxy) is 2. The highest BCUT2D eigenvalue weighted by atomic mass is 16.7. The van der Waals surface area contributed by atoms with Gasteiger partial charge < -0.3 is 20.5 Å². The molecule has 36 heavy (non-hydrogen) atoms. The number of hydrogen-bond donors (Lipinski definition) is 2. The van der Waals surface area contributed by atoms with Crippen LogP contribution in [0, 0.1) is 11.8 Å². The Bertz CT molecular complexity index is 987. The van der Waals surface area contributed by atoms with Gasteiger partial charge in [0.25, 0.3) is 0 Å². The lowest BCUT2D eigenvalue weighted by Crippen LogP contribution is -2.49. The van der Waals surface area contributed by atoms with Crippen LogP contribution < -0.4 is 11.1 Å². The van der Waals surface area contributed by atoms with Crippen LogP contribution in [-0.4, -0.2) is 31.3 Å². The summed E-state index contributed by atoms with van der Waals surface area (Å²) in [7, 11) is 0. The standard InChI is InChI=1S/C30H36N2O4/c1-4-35-29(36-5-2)22(3)26(28(31)34)21-27(33)32-30(23-15-9-6-10-16-23,24-17-11-7-12-18-24)25-19-13-8-14-20-25/h6-20,22,26,29H,4-5,21H2,1-3H3,(H2,31,34)(H,32,33)/t22-,26?/m0/s1. The fourth-order valence-corrected chi connectivity index (χ4v) is 4.66. The Morgan fingerprint density at radius 2 is 1.17 bits per heavy atom. The minimum Gasteiger partial charge on any atom is -0.369 e. The van der Waals surface area contributed by atoms with Crippen LogP contribution >= 0.6 is 0 Å². The van der Waals surface area contributed by atoms with Crippen molar-refractivity contribution >= 4 is 11.8 Å². The zero-order valence-corrected chi connectivity index (χ0v) is 21.2. The molecule has 0 aromatic heterocycles. The molecule has 0 bridgehead atoms. The van der Waals surface area contributed by atoms with E-state index in [9.17, 15) is 9.59 Å². The highest BCUT2D eigenvalue weighted by molar-refractivity contribution is 5.86. The predicted molar refractivity (Wildman–Crippen MR) is 141 cm³/mol. The number of nitrogens with two attached hydrogens (primary N) is 1. The molecule has 190 valence electrons. The predicted octanol–water partition coefficient (Wildman–Crippen LogP) is 4.62. The summed E-state index contributed by atoms with van der Waals surface area (Å²) < 4.78 is 11.4. The van der Waals surface area contributed by atoms with Gasteiger partial charge in [0.15, 0.2) is 6.29 Å². The molecule has 0 fully saturated rings. The lowest BCUT2D eigenvalue weighted by Gasteiger charge is -2.37. The topological polar surface area (TPSA) is 90.7 Å². The zero-order valence-electron chi connectivity index (χ0n) is 21.2. The smallest absolute Gasteiger partial charge is 0.222 e. The fraction of sp³-hybridized carbons (Fsp3) is 0.333. The number of carbonyl (C=O) groups is 2. The van der Waals surface area contributed by atoms with Crippen LogP contribution in [0.4, 0.5) is 0 Å². The van der Waals surface area contributed by atoms with Gasteiger partial charge in [-0.25, -0.2) is 0 Å². The van der Waals surface area contributed by atoms with Gasteiger partial charge in [-0.3, -0.25) is 9.59 Å². The second-order valence-electron chi connectivity index (χ2n) is 8.75. The first kappa shape index (κ1) is 27.1. The van der Waals surface area contributed by atoms with Gasteiger partial charge in [-0.2, -0.15) is 0 Å². The second-order valence-corrected chi connectivity index (χ2v) is 8.75. The Hall–Kier alpha value is -3.48. The van der Waals surface area contributed by atoms with E-state index >= 15 is 0 Å². The minimum absolute atomic E-state index is 0.0958. The van der Waals surface area contributed by atoms with Crippen molar-refractivity contribution in [3.05, 3.63) is 108 Å². The van der Waals surface area contributed by atoms with Crippen molar-refractivity contribution in [3.63, 3.8) is 0 Å². The van der Waals surface area contributed by atoms with E-state index in [0.29, 0.717) is 13.2 Å². The average Bonchev–Trinajstić information content (AvgIpc) is 2.91. The third-order valence-electron chi connectivity index (χ3n) is 6.44. The van der Waals surface area contributed by atoms with Crippen molar-refractivity contribution in [3.8, 4) is 0 Å². The Morgan fingerprint density at radius 1 is 0.778 bits per heavy atom. The van der Waals surface area contributed by atoms with E-state index in [2.05, 4.69) is 5.32 Å². The maximum Gasteiger partial charge on any atom is 0.222 e. The van der Waals surface area contributed by atoms with Crippen molar-refractivity contribution in [1.82, 2.24) is 5.32 Å². The van der Waals surface area contributed by atoms with E-state index in [1.807, 2.05) is 112 Å². The first-order valence-electron chi connectivity index (χ1n) is 12.4. The van der Waals surface area contributed by atoms with Crippen LogP contribution in [0.25, 0.3) is 0 Å². The van der Waals surface area contributed by atoms with Crippen LogP contribution in [0.1, 0.15) is 43.9 Å². The van der Waals surface area contributed by atoms with Crippen LogP contribution in [0.15, 0.2) is 91.0 Å². The quantitative estimate of drug-likeness (QED) is 0.271. The van der Waals surface area contributed by atoms with Gasteiger partial charge in [-0.15, -0.1) is 0 Å². The first-order chi connectivity index (χ1) is 17.4. The third kappa shape index (κ3) is 6.20. The largest absolute Gasteiger partial charge is 0.369 e. The molecule has 0 aliphatic rings. The van der Waals surface area contributed by atoms with Crippen LogP contribution in [0.3, 0.4) is 0 Å². The van der Waals surface area contributed by atoms with E-state index in [-0.39, 0.29) is 12.3 Å². The molecule has 2 atom stereocenters. The molecule has 2 amide bonds. The van der Waals surface area contributed by atoms with Gasteiger partial charge in [0, 0.05) is 25.6 Å².